The molecule has 0 saturated carbocycles. The van der Waals surface area contributed by atoms with Gasteiger partial charge >= 0.3 is 15.2 Å². The molecule has 0 heterocycles. The molecule has 0 aromatic heterocycles. The molecular formula is C12H24O6P2. The molecule has 0 rings (SSSR count). The van der Waals surface area contributed by atoms with Crippen molar-refractivity contribution in [2.24, 2.45) is 0 Å². The fourth-order valence-electron chi connectivity index (χ4n) is 1.56. The first-order valence-electron chi connectivity index (χ1n) is 6.57. The van der Waals surface area contributed by atoms with Crippen LogP contribution in [-0.2, 0) is 27.2 Å². The molecule has 118 valence electrons. The minimum absolute atomic E-state index is 0.150. The molecule has 0 bridgehead atoms. The van der Waals surface area contributed by atoms with Gasteiger partial charge in [0.25, 0.3) is 0 Å². The average Bonchev–Trinajstić information content (AvgIpc) is 2.36. The van der Waals surface area contributed by atoms with Crippen LogP contribution in [-0.4, -0.2) is 31.8 Å². The van der Waals surface area contributed by atoms with Crippen molar-refractivity contribution >= 4 is 15.2 Å². The Morgan fingerprint density at radius 3 is 1.40 bits per heavy atom. The molecule has 0 unspecified atom stereocenters. The van der Waals surface area contributed by atoms with E-state index in [-0.39, 0.29) is 26.4 Å². The highest BCUT2D eigenvalue weighted by molar-refractivity contribution is 7.73. The summed E-state index contributed by atoms with van der Waals surface area (Å²) in [4.78, 5) is 0. The number of allylic oxidation sites excluding steroid dienone is 1. The van der Waals surface area contributed by atoms with Gasteiger partial charge in [0.2, 0.25) is 0 Å². The van der Waals surface area contributed by atoms with Crippen molar-refractivity contribution in [3.63, 3.8) is 0 Å². The van der Waals surface area contributed by atoms with Crippen molar-refractivity contribution in [1.29, 1.82) is 0 Å². The van der Waals surface area contributed by atoms with E-state index in [4.69, 9.17) is 18.1 Å². The van der Waals surface area contributed by atoms with Crippen LogP contribution in [0.1, 0.15) is 27.7 Å². The van der Waals surface area contributed by atoms with Gasteiger partial charge in [-0.3, -0.25) is 9.13 Å². The average molecular weight is 326 g/mol. The molecular weight excluding hydrogens is 302 g/mol. The van der Waals surface area contributed by atoms with Gasteiger partial charge in [0, 0.05) is 0 Å². The SMILES string of the molecule is C=C=CC(P(=O)(OCC)OCC)P(=O)(OCC)OCC. The Morgan fingerprint density at radius 1 is 0.900 bits per heavy atom. The molecule has 6 nitrogen and oxygen atoms in total. The lowest BCUT2D eigenvalue weighted by molar-refractivity contribution is 0.200. The predicted octanol–water partition coefficient (Wildman–Crippen LogP) is 4.19. The Hall–Kier alpha value is -0.180. The number of hydrogen-bond acceptors (Lipinski definition) is 6. The van der Waals surface area contributed by atoms with E-state index in [1.165, 1.54) is 6.08 Å². The van der Waals surface area contributed by atoms with Crippen LogP contribution in [0.4, 0.5) is 0 Å². The maximum Gasteiger partial charge on any atom is 0.350 e. The Kier molecular flexibility index (Phi) is 9.61. The molecule has 0 aromatic rings. The van der Waals surface area contributed by atoms with Crippen molar-refractivity contribution in [1.82, 2.24) is 0 Å². The molecule has 0 amide bonds. The van der Waals surface area contributed by atoms with Gasteiger partial charge in [-0.2, -0.15) is 0 Å². The Morgan fingerprint density at radius 2 is 1.20 bits per heavy atom. The second-order valence-electron chi connectivity index (χ2n) is 3.54. The van der Waals surface area contributed by atoms with Crippen LogP contribution in [0.15, 0.2) is 18.4 Å². The van der Waals surface area contributed by atoms with E-state index in [2.05, 4.69) is 12.3 Å². The second kappa shape index (κ2) is 9.70. The highest BCUT2D eigenvalue weighted by atomic mass is 31.2. The molecule has 0 atom stereocenters. The van der Waals surface area contributed by atoms with Crippen molar-refractivity contribution in [2.45, 2.75) is 33.1 Å². The van der Waals surface area contributed by atoms with E-state index in [0.29, 0.717) is 0 Å². The molecule has 0 aliphatic heterocycles. The Balaban J connectivity index is 5.72. The molecule has 0 saturated heterocycles. The van der Waals surface area contributed by atoms with Crippen LogP contribution in [0.25, 0.3) is 0 Å². The van der Waals surface area contributed by atoms with Gasteiger partial charge in [-0.05, 0) is 33.8 Å². The molecule has 0 aromatic carbocycles. The monoisotopic (exact) mass is 326 g/mol. The molecule has 0 fully saturated rings. The van der Waals surface area contributed by atoms with Gasteiger partial charge in [-0.15, -0.1) is 5.73 Å². The van der Waals surface area contributed by atoms with Crippen molar-refractivity contribution in [2.75, 3.05) is 26.4 Å². The predicted molar refractivity (Wildman–Crippen MR) is 79.2 cm³/mol. The zero-order chi connectivity index (χ0) is 15.6. The topological polar surface area (TPSA) is 71.1 Å². The van der Waals surface area contributed by atoms with Crippen LogP contribution in [0, 0.1) is 0 Å². The smallest absolute Gasteiger partial charge is 0.308 e. The van der Waals surface area contributed by atoms with Gasteiger partial charge in [0.1, 0.15) is 0 Å². The highest BCUT2D eigenvalue weighted by Crippen LogP contribution is 2.70. The van der Waals surface area contributed by atoms with E-state index in [1.807, 2.05) is 0 Å². The van der Waals surface area contributed by atoms with Crippen molar-refractivity contribution < 1.29 is 27.2 Å². The lowest BCUT2D eigenvalue weighted by Crippen LogP contribution is -2.15. The summed E-state index contributed by atoms with van der Waals surface area (Å²) in [6.45, 7) is 10.7. The van der Waals surface area contributed by atoms with Gasteiger partial charge in [-0.25, -0.2) is 0 Å². The summed E-state index contributed by atoms with van der Waals surface area (Å²) in [5.41, 5.74) is 2.47. The number of rotatable bonds is 11. The van der Waals surface area contributed by atoms with Crippen LogP contribution in [0.5, 0.6) is 0 Å². The van der Waals surface area contributed by atoms with E-state index in [0.717, 1.165) is 0 Å². The van der Waals surface area contributed by atoms with E-state index in [9.17, 15) is 9.13 Å². The zero-order valence-electron chi connectivity index (χ0n) is 12.5. The first-order chi connectivity index (χ1) is 9.44. The van der Waals surface area contributed by atoms with Crippen LogP contribution < -0.4 is 0 Å². The third-order valence-corrected chi connectivity index (χ3v) is 7.91. The molecule has 0 N–H and O–H groups in total. The fraction of sp³-hybridized carbons (Fsp3) is 0.750. The van der Waals surface area contributed by atoms with E-state index >= 15 is 0 Å². The molecule has 20 heavy (non-hydrogen) atoms. The number of hydrogen-bond donors (Lipinski definition) is 0. The minimum Gasteiger partial charge on any atom is -0.308 e. The summed E-state index contributed by atoms with van der Waals surface area (Å²) < 4.78 is 46.5. The maximum atomic E-state index is 12.8. The Labute approximate surface area is 121 Å². The quantitative estimate of drug-likeness (QED) is 0.419. The van der Waals surface area contributed by atoms with Crippen LogP contribution in [0.3, 0.4) is 0 Å². The fourth-order valence-corrected chi connectivity index (χ4v) is 6.52. The third kappa shape index (κ3) is 5.31. The summed E-state index contributed by atoms with van der Waals surface area (Å²) in [5.74, 6) is 0. The van der Waals surface area contributed by atoms with E-state index < -0.39 is 20.6 Å². The first kappa shape index (κ1) is 19.8. The molecule has 0 aliphatic rings. The minimum atomic E-state index is -3.70. The normalized spacial score (nSPS) is 12.4. The third-order valence-electron chi connectivity index (χ3n) is 2.15. The van der Waals surface area contributed by atoms with Crippen LogP contribution >= 0.6 is 15.2 Å². The van der Waals surface area contributed by atoms with Gasteiger partial charge in [-0.1, -0.05) is 6.58 Å². The molecule has 0 aliphatic carbocycles. The molecule has 0 spiro atoms. The zero-order valence-corrected chi connectivity index (χ0v) is 14.3. The summed E-state index contributed by atoms with van der Waals surface area (Å²) >= 11 is 0. The van der Waals surface area contributed by atoms with Crippen molar-refractivity contribution in [3.05, 3.63) is 18.4 Å². The van der Waals surface area contributed by atoms with Crippen LogP contribution in [0.2, 0.25) is 0 Å². The lowest BCUT2D eigenvalue weighted by atomic mass is 10.7. The summed E-state index contributed by atoms with van der Waals surface area (Å²) in [5, 5.41) is -1.17. The highest BCUT2D eigenvalue weighted by Gasteiger charge is 2.49. The lowest BCUT2D eigenvalue weighted by Gasteiger charge is -2.28. The molecule has 0 radical (unpaired) electrons. The standard InChI is InChI=1S/C12H24O6P2/c1-6-11-12(19(13,15-7-2)16-8-3)20(14,17-9-4)18-10-5/h11-12H,1,7-10H2,2-5H3. The molecule has 8 heteroatoms. The van der Waals surface area contributed by atoms with Gasteiger partial charge in [0.15, 0.2) is 5.40 Å². The summed E-state index contributed by atoms with van der Waals surface area (Å²) in [6, 6.07) is 0. The summed E-state index contributed by atoms with van der Waals surface area (Å²) in [7, 11) is -7.40. The first-order valence-corrected chi connectivity index (χ1v) is 9.79. The van der Waals surface area contributed by atoms with Gasteiger partial charge in [0.05, 0.1) is 26.4 Å². The van der Waals surface area contributed by atoms with Crippen molar-refractivity contribution in [3.8, 4) is 0 Å². The summed E-state index contributed by atoms with van der Waals surface area (Å²) in [6.07, 6.45) is 1.28. The van der Waals surface area contributed by atoms with E-state index in [1.54, 1.807) is 27.7 Å². The second-order valence-corrected chi connectivity index (χ2v) is 8.25. The largest absolute Gasteiger partial charge is 0.350 e. The van der Waals surface area contributed by atoms with Gasteiger partial charge < -0.3 is 18.1 Å². The Bertz CT molecular complexity index is 366. The maximum absolute atomic E-state index is 12.8.